The molecule has 5 nitrogen and oxygen atoms in total. The normalized spacial score (nSPS) is 15.0. The summed E-state index contributed by atoms with van der Waals surface area (Å²) in [4.78, 5) is 23.4. The van der Waals surface area contributed by atoms with Gasteiger partial charge in [0.2, 0.25) is 0 Å². The van der Waals surface area contributed by atoms with E-state index in [1.807, 2.05) is 31.2 Å². The number of halogens is 1. The number of carbonyl (C=O) groups excluding carboxylic acids is 1. The van der Waals surface area contributed by atoms with Crippen molar-refractivity contribution >= 4 is 22.8 Å². The molecule has 1 fully saturated rings. The van der Waals surface area contributed by atoms with Crippen molar-refractivity contribution in [1.29, 1.82) is 0 Å². The number of pyridine rings is 2. The molecule has 1 aliphatic rings. The van der Waals surface area contributed by atoms with E-state index in [1.165, 1.54) is 12.1 Å². The van der Waals surface area contributed by atoms with E-state index in [9.17, 15) is 9.18 Å². The van der Waals surface area contributed by atoms with Crippen LogP contribution in [0.4, 0.5) is 10.2 Å². The Morgan fingerprint density at radius 3 is 2.79 bits per heavy atom. The van der Waals surface area contributed by atoms with Gasteiger partial charge in [0.1, 0.15) is 11.6 Å². The number of rotatable bonds is 4. The molecule has 0 atom stereocenters. The molecular formula is C22H22FN3O2. The first-order valence-corrected chi connectivity index (χ1v) is 9.59. The molecule has 1 aliphatic heterocycles. The summed E-state index contributed by atoms with van der Waals surface area (Å²) in [6.45, 7) is 3.69. The first-order valence-electron chi connectivity index (χ1n) is 9.59. The van der Waals surface area contributed by atoms with Gasteiger partial charge in [-0.1, -0.05) is 12.1 Å². The van der Waals surface area contributed by atoms with E-state index >= 15 is 0 Å². The van der Waals surface area contributed by atoms with Crippen molar-refractivity contribution in [1.82, 2.24) is 9.97 Å². The van der Waals surface area contributed by atoms with Gasteiger partial charge in [-0.15, -0.1) is 0 Å². The Labute approximate surface area is 163 Å². The zero-order valence-corrected chi connectivity index (χ0v) is 15.8. The largest absolute Gasteiger partial charge is 0.466 e. The van der Waals surface area contributed by atoms with Crippen molar-refractivity contribution in [3.8, 4) is 11.1 Å². The molecule has 1 aromatic carbocycles. The summed E-state index contributed by atoms with van der Waals surface area (Å²) in [6.07, 6.45) is 3.19. The molecule has 28 heavy (non-hydrogen) atoms. The van der Waals surface area contributed by atoms with Crippen LogP contribution in [0.5, 0.6) is 0 Å². The van der Waals surface area contributed by atoms with Crippen molar-refractivity contribution in [2.75, 3.05) is 24.6 Å². The number of carbonyl (C=O) groups is 1. The molecule has 0 bridgehead atoms. The molecule has 6 heteroatoms. The topological polar surface area (TPSA) is 55.3 Å². The lowest BCUT2D eigenvalue weighted by Gasteiger charge is -2.32. The second-order valence-corrected chi connectivity index (χ2v) is 6.92. The highest BCUT2D eigenvalue weighted by molar-refractivity contribution is 5.93. The Morgan fingerprint density at radius 1 is 1.21 bits per heavy atom. The van der Waals surface area contributed by atoms with Crippen molar-refractivity contribution in [2.45, 2.75) is 19.8 Å². The molecule has 0 unspecified atom stereocenters. The van der Waals surface area contributed by atoms with Crippen molar-refractivity contribution < 1.29 is 13.9 Å². The monoisotopic (exact) mass is 379 g/mol. The number of aromatic nitrogens is 2. The van der Waals surface area contributed by atoms with Crippen LogP contribution in [0.25, 0.3) is 22.2 Å². The summed E-state index contributed by atoms with van der Waals surface area (Å²) in [5, 5.41) is 0. The van der Waals surface area contributed by atoms with Crippen LogP contribution in [0.3, 0.4) is 0 Å². The van der Waals surface area contributed by atoms with E-state index in [0.717, 1.165) is 53.9 Å². The minimum absolute atomic E-state index is 0.0546. The second kappa shape index (κ2) is 7.92. The Morgan fingerprint density at radius 2 is 2.04 bits per heavy atom. The highest BCUT2D eigenvalue weighted by Crippen LogP contribution is 2.32. The fourth-order valence-corrected chi connectivity index (χ4v) is 3.69. The molecular weight excluding hydrogens is 357 g/mol. The van der Waals surface area contributed by atoms with Gasteiger partial charge in [0, 0.05) is 24.8 Å². The van der Waals surface area contributed by atoms with E-state index in [4.69, 9.17) is 9.72 Å². The van der Waals surface area contributed by atoms with Crippen LogP contribution in [0.15, 0.2) is 48.7 Å². The summed E-state index contributed by atoms with van der Waals surface area (Å²) in [7, 11) is 0. The lowest BCUT2D eigenvalue weighted by Crippen LogP contribution is -2.37. The number of hydrogen-bond donors (Lipinski definition) is 0. The van der Waals surface area contributed by atoms with Crippen LogP contribution in [0.1, 0.15) is 19.8 Å². The zero-order chi connectivity index (χ0) is 19.5. The van der Waals surface area contributed by atoms with Gasteiger partial charge in [0.15, 0.2) is 0 Å². The number of esters is 1. The summed E-state index contributed by atoms with van der Waals surface area (Å²) < 4.78 is 19.0. The molecule has 1 saturated heterocycles. The molecule has 3 aromatic rings. The van der Waals surface area contributed by atoms with Gasteiger partial charge in [-0.3, -0.25) is 9.78 Å². The maximum Gasteiger partial charge on any atom is 0.309 e. The maximum absolute atomic E-state index is 13.8. The van der Waals surface area contributed by atoms with Gasteiger partial charge in [0.05, 0.1) is 23.6 Å². The van der Waals surface area contributed by atoms with E-state index in [-0.39, 0.29) is 17.7 Å². The highest BCUT2D eigenvalue weighted by atomic mass is 19.1. The third kappa shape index (κ3) is 3.67. The lowest BCUT2D eigenvalue weighted by molar-refractivity contribution is -0.148. The average Bonchev–Trinajstić information content (AvgIpc) is 2.73. The third-order valence-corrected chi connectivity index (χ3v) is 5.12. The predicted octanol–water partition coefficient (Wildman–Crippen LogP) is 4.22. The van der Waals surface area contributed by atoms with Crippen LogP contribution < -0.4 is 4.90 Å². The van der Waals surface area contributed by atoms with Gasteiger partial charge in [0.25, 0.3) is 0 Å². The second-order valence-electron chi connectivity index (χ2n) is 6.92. The number of anilines is 1. The van der Waals surface area contributed by atoms with E-state index in [1.54, 1.807) is 12.3 Å². The number of fused-ring (bicyclic) bond motifs is 1. The lowest BCUT2D eigenvalue weighted by atomic mass is 9.96. The standard InChI is InChI=1S/C22H22FN3O2/c1-2-28-22(27)15-8-11-26(12-9-15)20-14-18(16-5-3-6-17(23)13-16)21-19(25-20)7-4-10-24-21/h3-7,10,13-15H,2,8-9,11-12H2,1H3. The Kier molecular flexibility index (Phi) is 5.19. The zero-order valence-electron chi connectivity index (χ0n) is 15.8. The number of benzene rings is 1. The van der Waals surface area contributed by atoms with Crippen LogP contribution in [-0.4, -0.2) is 35.6 Å². The minimum atomic E-state index is -0.282. The summed E-state index contributed by atoms with van der Waals surface area (Å²) in [6, 6.07) is 12.3. The molecule has 0 amide bonds. The summed E-state index contributed by atoms with van der Waals surface area (Å²) >= 11 is 0. The van der Waals surface area contributed by atoms with Gasteiger partial charge in [-0.25, -0.2) is 9.37 Å². The first-order chi connectivity index (χ1) is 13.7. The van der Waals surface area contributed by atoms with Gasteiger partial charge < -0.3 is 9.64 Å². The number of piperidine rings is 1. The van der Waals surface area contributed by atoms with E-state index in [0.29, 0.717) is 6.61 Å². The van der Waals surface area contributed by atoms with Crippen LogP contribution in [0.2, 0.25) is 0 Å². The molecule has 3 heterocycles. The maximum atomic E-state index is 13.8. The fourth-order valence-electron chi connectivity index (χ4n) is 3.69. The molecule has 0 aliphatic carbocycles. The van der Waals surface area contributed by atoms with Gasteiger partial charge >= 0.3 is 5.97 Å². The number of hydrogen-bond acceptors (Lipinski definition) is 5. The smallest absolute Gasteiger partial charge is 0.309 e. The van der Waals surface area contributed by atoms with Crippen LogP contribution >= 0.6 is 0 Å². The van der Waals surface area contributed by atoms with Crippen LogP contribution in [0, 0.1) is 11.7 Å². The first kappa shape index (κ1) is 18.3. The number of ether oxygens (including phenoxy) is 1. The fraction of sp³-hybridized carbons (Fsp3) is 0.318. The average molecular weight is 379 g/mol. The predicted molar refractivity (Wildman–Crippen MR) is 107 cm³/mol. The molecule has 144 valence electrons. The van der Waals surface area contributed by atoms with Crippen molar-refractivity contribution in [3.05, 3.63) is 54.5 Å². The molecule has 2 aromatic heterocycles. The van der Waals surface area contributed by atoms with E-state index in [2.05, 4.69) is 9.88 Å². The van der Waals surface area contributed by atoms with Crippen LogP contribution in [-0.2, 0) is 9.53 Å². The summed E-state index contributed by atoms with van der Waals surface area (Å²) in [5.74, 6) is 0.372. The Balaban J connectivity index is 1.67. The highest BCUT2D eigenvalue weighted by Gasteiger charge is 2.27. The van der Waals surface area contributed by atoms with Gasteiger partial charge in [-0.05, 0) is 55.7 Å². The van der Waals surface area contributed by atoms with Crippen molar-refractivity contribution in [3.63, 3.8) is 0 Å². The summed E-state index contributed by atoms with van der Waals surface area (Å²) in [5.41, 5.74) is 3.14. The molecule has 4 rings (SSSR count). The molecule has 0 spiro atoms. The molecule has 0 N–H and O–H groups in total. The Hall–Kier alpha value is -3.02. The minimum Gasteiger partial charge on any atom is -0.466 e. The van der Waals surface area contributed by atoms with E-state index < -0.39 is 0 Å². The third-order valence-electron chi connectivity index (χ3n) is 5.12. The Bertz CT molecular complexity index is 1000. The van der Waals surface area contributed by atoms with Crippen molar-refractivity contribution in [2.24, 2.45) is 5.92 Å². The SMILES string of the molecule is CCOC(=O)C1CCN(c2cc(-c3cccc(F)c3)c3ncccc3n2)CC1. The molecule has 0 radical (unpaired) electrons. The molecule has 0 saturated carbocycles. The number of nitrogens with zero attached hydrogens (tertiary/aromatic N) is 3. The van der Waals surface area contributed by atoms with Gasteiger partial charge in [-0.2, -0.15) is 0 Å². The quantitative estimate of drug-likeness (QED) is 0.636.